The van der Waals surface area contributed by atoms with Crippen LogP contribution in [0.4, 0.5) is 5.82 Å². The van der Waals surface area contributed by atoms with E-state index in [4.69, 9.17) is 5.11 Å². The fraction of sp³-hybridized carbons (Fsp3) is 0.158. The van der Waals surface area contributed by atoms with Crippen molar-refractivity contribution < 1.29 is 5.11 Å². The van der Waals surface area contributed by atoms with Gasteiger partial charge in [-0.3, -0.25) is 0 Å². The Morgan fingerprint density at radius 2 is 1.88 bits per heavy atom. The van der Waals surface area contributed by atoms with Crippen LogP contribution in [0.5, 0.6) is 0 Å². The minimum Gasteiger partial charge on any atom is -0.396 e. The van der Waals surface area contributed by atoms with Gasteiger partial charge in [0, 0.05) is 18.7 Å². The number of nitrogens with one attached hydrogen (secondary N) is 1. The van der Waals surface area contributed by atoms with Gasteiger partial charge in [-0.25, -0.2) is 9.50 Å². The van der Waals surface area contributed by atoms with Gasteiger partial charge in [0.25, 0.3) is 0 Å². The number of imidazole rings is 1. The van der Waals surface area contributed by atoms with Gasteiger partial charge in [0.1, 0.15) is 5.82 Å². The zero-order valence-electron chi connectivity index (χ0n) is 13.2. The van der Waals surface area contributed by atoms with Crippen molar-refractivity contribution in [1.29, 1.82) is 0 Å². The topological polar surface area (TPSA) is 62.5 Å². The maximum absolute atomic E-state index is 8.90. The number of benzene rings is 2. The zero-order chi connectivity index (χ0) is 16.4. The maximum atomic E-state index is 8.90. The van der Waals surface area contributed by atoms with Crippen molar-refractivity contribution in [3.63, 3.8) is 0 Å². The summed E-state index contributed by atoms with van der Waals surface area (Å²) < 4.78 is 1.86. The molecule has 0 aliphatic rings. The lowest BCUT2D eigenvalue weighted by molar-refractivity contribution is 0.292. The van der Waals surface area contributed by atoms with E-state index in [0.717, 1.165) is 22.7 Å². The lowest BCUT2D eigenvalue weighted by Gasteiger charge is -2.08. The minimum atomic E-state index is 0.168. The van der Waals surface area contributed by atoms with Gasteiger partial charge in [-0.05, 0) is 29.3 Å². The van der Waals surface area contributed by atoms with E-state index in [9.17, 15) is 0 Å². The third-order valence-corrected chi connectivity index (χ3v) is 4.07. The molecule has 2 N–H and O–H groups in total. The van der Waals surface area contributed by atoms with E-state index in [1.165, 1.54) is 10.8 Å². The molecule has 5 nitrogen and oxygen atoms in total. The molecule has 0 fully saturated rings. The Labute approximate surface area is 139 Å². The van der Waals surface area contributed by atoms with Crippen LogP contribution in [0.15, 0.2) is 60.8 Å². The normalized spacial score (nSPS) is 11.2. The van der Waals surface area contributed by atoms with E-state index in [1.54, 1.807) is 0 Å². The number of rotatable bonds is 5. The van der Waals surface area contributed by atoms with E-state index in [1.807, 2.05) is 35.0 Å². The first-order valence-corrected chi connectivity index (χ1v) is 8.04. The summed E-state index contributed by atoms with van der Waals surface area (Å²) in [4.78, 5) is 4.47. The second-order valence-corrected chi connectivity index (χ2v) is 5.66. The molecule has 0 radical (unpaired) electrons. The van der Waals surface area contributed by atoms with Gasteiger partial charge in [0.05, 0.1) is 11.9 Å². The first-order valence-electron chi connectivity index (χ1n) is 8.04. The van der Waals surface area contributed by atoms with Crippen molar-refractivity contribution >= 4 is 22.2 Å². The number of anilines is 1. The molecular weight excluding hydrogens is 300 g/mol. The first-order chi connectivity index (χ1) is 11.9. The molecule has 0 aliphatic heterocycles. The molecule has 0 atom stereocenters. The van der Waals surface area contributed by atoms with Gasteiger partial charge in [-0.1, -0.05) is 42.5 Å². The molecule has 2 aromatic carbocycles. The molecular formula is C19H18N4O. The summed E-state index contributed by atoms with van der Waals surface area (Å²) in [6.45, 7) is 0.856. The fourth-order valence-electron chi connectivity index (χ4n) is 2.90. The van der Waals surface area contributed by atoms with Crippen molar-refractivity contribution in [2.75, 3.05) is 18.5 Å². The second kappa shape index (κ2) is 6.29. The van der Waals surface area contributed by atoms with Crippen LogP contribution in [0.25, 0.3) is 27.7 Å². The van der Waals surface area contributed by atoms with E-state index >= 15 is 0 Å². The maximum Gasteiger partial charge on any atom is 0.154 e. The molecule has 5 heteroatoms. The third kappa shape index (κ3) is 2.59. The number of aromatic nitrogens is 3. The molecule has 0 saturated heterocycles. The Bertz CT molecular complexity index is 988. The summed E-state index contributed by atoms with van der Waals surface area (Å²) in [6.07, 6.45) is 2.56. The molecule has 2 aromatic heterocycles. The summed E-state index contributed by atoms with van der Waals surface area (Å²) in [7, 11) is 0. The second-order valence-electron chi connectivity index (χ2n) is 5.66. The molecule has 0 aliphatic carbocycles. The van der Waals surface area contributed by atoms with Crippen molar-refractivity contribution in [1.82, 2.24) is 14.6 Å². The summed E-state index contributed by atoms with van der Waals surface area (Å²) in [5, 5.41) is 19.2. The molecule has 120 valence electrons. The Hall–Kier alpha value is -2.92. The van der Waals surface area contributed by atoms with Gasteiger partial charge in [-0.15, -0.1) is 5.10 Å². The van der Waals surface area contributed by atoms with Crippen LogP contribution >= 0.6 is 0 Å². The van der Waals surface area contributed by atoms with E-state index < -0.39 is 0 Å². The molecule has 24 heavy (non-hydrogen) atoms. The van der Waals surface area contributed by atoms with Crippen LogP contribution < -0.4 is 5.32 Å². The summed E-state index contributed by atoms with van der Waals surface area (Å²) >= 11 is 0. The average Bonchev–Trinajstić information content (AvgIpc) is 3.04. The van der Waals surface area contributed by atoms with Crippen LogP contribution in [-0.2, 0) is 0 Å². The predicted molar refractivity (Wildman–Crippen MR) is 96.1 cm³/mol. The highest BCUT2D eigenvalue weighted by atomic mass is 16.3. The van der Waals surface area contributed by atoms with Gasteiger partial charge in [0.15, 0.2) is 5.65 Å². The van der Waals surface area contributed by atoms with Crippen LogP contribution in [0.2, 0.25) is 0 Å². The summed E-state index contributed by atoms with van der Waals surface area (Å²) in [6, 6.07) is 18.4. The fourth-order valence-corrected chi connectivity index (χ4v) is 2.90. The number of fused-ring (bicyclic) bond motifs is 2. The predicted octanol–water partition coefficient (Wildman–Crippen LogP) is 3.34. The molecule has 4 aromatic rings. The molecule has 2 heterocycles. The molecule has 0 bridgehead atoms. The summed E-state index contributed by atoms with van der Waals surface area (Å²) in [5.74, 6) is 0.774. The molecule has 4 rings (SSSR count). The van der Waals surface area contributed by atoms with Crippen molar-refractivity contribution in [3.8, 4) is 11.3 Å². The third-order valence-electron chi connectivity index (χ3n) is 4.07. The number of hydrogen-bond acceptors (Lipinski definition) is 4. The van der Waals surface area contributed by atoms with Gasteiger partial charge < -0.3 is 10.4 Å². The van der Waals surface area contributed by atoms with Crippen LogP contribution in [-0.4, -0.2) is 32.9 Å². The quantitative estimate of drug-likeness (QED) is 0.554. The molecule has 0 unspecified atom stereocenters. The number of aliphatic hydroxyl groups is 1. The standard InChI is InChI=1S/C19H18N4O/c24-12-4-11-20-18-9-10-19-21-13-17(23(19)22-18)16-8-3-6-14-5-1-2-7-15(14)16/h1-3,5-10,13,24H,4,11-12H2,(H,20,22). The van der Waals surface area contributed by atoms with Crippen molar-refractivity contribution in [2.24, 2.45) is 0 Å². The SMILES string of the molecule is OCCCNc1ccc2ncc(-c3cccc4ccccc34)n2n1. The minimum absolute atomic E-state index is 0.168. The largest absolute Gasteiger partial charge is 0.396 e. The van der Waals surface area contributed by atoms with E-state index in [-0.39, 0.29) is 6.61 Å². The molecule has 0 spiro atoms. The smallest absolute Gasteiger partial charge is 0.154 e. The highest BCUT2D eigenvalue weighted by molar-refractivity contribution is 5.96. The molecule has 0 saturated carbocycles. The average molecular weight is 318 g/mol. The lowest BCUT2D eigenvalue weighted by atomic mass is 10.0. The number of aliphatic hydroxyl groups excluding tert-OH is 1. The number of nitrogens with zero attached hydrogens (tertiary/aromatic N) is 3. The Kier molecular flexibility index (Phi) is 3.84. The first kappa shape index (κ1) is 14.7. The Balaban J connectivity index is 1.82. The Morgan fingerprint density at radius 1 is 1.00 bits per heavy atom. The zero-order valence-corrected chi connectivity index (χ0v) is 13.2. The van der Waals surface area contributed by atoms with E-state index in [0.29, 0.717) is 13.0 Å². The van der Waals surface area contributed by atoms with Crippen molar-refractivity contribution in [3.05, 3.63) is 60.8 Å². The molecule has 0 amide bonds. The highest BCUT2D eigenvalue weighted by Gasteiger charge is 2.10. The van der Waals surface area contributed by atoms with Crippen molar-refractivity contribution in [2.45, 2.75) is 6.42 Å². The van der Waals surface area contributed by atoms with Crippen LogP contribution in [0.3, 0.4) is 0 Å². The number of hydrogen-bond donors (Lipinski definition) is 2. The monoisotopic (exact) mass is 318 g/mol. The summed E-state index contributed by atoms with van der Waals surface area (Å²) in [5.41, 5.74) is 2.89. The van der Waals surface area contributed by atoms with Gasteiger partial charge in [-0.2, -0.15) is 0 Å². The van der Waals surface area contributed by atoms with Crippen LogP contribution in [0, 0.1) is 0 Å². The van der Waals surface area contributed by atoms with E-state index in [2.05, 4.69) is 45.7 Å². The van der Waals surface area contributed by atoms with Gasteiger partial charge in [0.2, 0.25) is 0 Å². The highest BCUT2D eigenvalue weighted by Crippen LogP contribution is 2.28. The lowest BCUT2D eigenvalue weighted by Crippen LogP contribution is -2.07. The van der Waals surface area contributed by atoms with Crippen LogP contribution in [0.1, 0.15) is 6.42 Å². The Morgan fingerprint density at radius 3 is 2.79 bits per heavy atom. The van der Waals surface area contributed by atoms with Gasteiger partial charge >= 0.3 is 0 Å².